The van der Waals surface area contributed by atoms with Crippen molar-refractivity contribution in [2.75, 3.05) is 0 Å². The predicted octanol–water partition coefficient (Wildman–Crippen LogP) is 3.45. The molecule has 0 aliphatic carbocycles. The second-order valence-electron chi connectivity index (χ2n) is 4.75. The number of halogens is 1. The summed E-state index contributed by atoms with van der Waals surface area (Å²) in [5.74, 6) is -1.45. The smallest absolute Gasteiger partial charge is 0.349 e. The fourth-order valence-corrected chi connectivity index (χ4v) is 2.28. The Morgan fingerprint density at radius 3 is 2.73 bits per heavy atom. The maximum Gasteiger partial charge on any atom is 0.349 e. The normalized spacial score (nSPS) is 11.3. The average Bonchev–Trinajstić information content (AvgIpc) is 2.95. The van der Waals surface area contributed by atoms with Gasteiger partial charge in [0.05, 0.1) is 0 Å². The van der Waals surface area contributed by atoms with E-state index in [1.165, 1.54) is 18.2 Å². The molecule has 6 heteroatoms. The molecule has 108 valence electrons. The predicted molar refractivity (Wildman–Crippen MR) is 77.1 cm³/mol. The topological polar surface area (TPSA) is 76.5 Å². The minimum absolute atomic E-state index is 0.0915. The van der Waals surface area contributed by atoms with Gasteiger partial charge in [-0.05, 0) is 30.3 Å². The number of hydrogen-bond donors (Lipinski definition) is 1. The Morgan fingerprint density at radius 2 is 1.91 bits per heavy atom. The van der Waals surface area contributed by atoms with E-state index in [0.29, 0.717) is 16.5 Å². The lowest BCUT2D eigenvalue weighted by Crippen LogP contribution is -2.03. The Balaban J connectivity index is 2.00. The van der Waals surface area contributed by atoms with Crippen molar-refractivity contribution in [3.8, 4) is 17.2 Å². The Kier molecular flexibility index (Phi) is 2.53. The quantitative estimate of drug-likeness (QED) is 0.544. The Hall–Kier alpha value is -3.15. The van der Waals surface area contributed by atoms with Gasteiger partial charge in [-0.25, -0.2) is 9.78 Å². The van der Waals surface area contributed by atoms with Gasteiger partial charge in [-0.15, -0.1) is 0 Å². The minimum Gasteiger partial charge on any atom is -0.505 e. The van der Waals surface area contributed by atoms with Crippen molar-refractivity contribution in [2.24, 2.45) is 0 Å². The fraction of sp³-hybridized carbons (Fsp3) is 0. The zero-order valence-corrected chi connectivity index (χ0v) is 11.0. The van der Waals surface area contributed by atoms with Crippen LogP contribution in [-0.2, 0) is 0 Å². The number of aromatic nitrogens is 1. The number of para-hydroxylation sites is 2. The van der Waals surface area contributed by atoms with Crippen molar-refractivity contribution in [1.82, 2.24) is 4.98 Å². The van der Waals surface area contributed by atoms with E-state index >= 15 is 0 Å². The van der Waals surface area contributed by atoms with Crippen LogP contribution in [0, 0.1) is 5.82 Å². The van der Waals surface area contributed by atoms with Gasteiger partial charge in [-0.2, -0.15) is 4.39 Å². The highest BCUT2D eigenvalue weighted by Gasteiger charge is 2.17. The standard InChI is InChI=1S/C16H8FNO4/c17-13-11(19)6-5-8-7-9(16(20)22-14(8)13)15-18-10-3-1-2-4-12(10)21-15/h1-7,19H. The average molecular weight is 297 g/mol. The van der Waals surface area contributed by atoms with Crippen molar-refractivity contribution in [1.29, 1.82) is 0 Å². The van der Waals surface area contributed by atoms with Crippen LogP contribution in [0.3, 0.4) is 0 Å². The van der Waals surface area contributed by atoms with E-state index in [2.05, 4.69) is 4.98 Å². The molecule has 0 spiro atoms. The molecule has 0 atom stereocenters. The summed E-state index contributed by atoms with van der Waals surface area (Å²) in [4.78, 5) is 16.3. The zero-order valence-electron chi connectivity index (χ0n) is 11.0. The number of phenolic OH excluding ortho intramolecular Hbond substituents is 1. The summed E-state index contributed by atoms with van der Waals surface area (Å²) in [5.41, 5.74) is 0.143. The third-order valence-corrected chi connectivity index (χ3v) is 3.35. The maximum absolute atomic E-state index is 13.8. The lowest BCUT2D eigenvalue weighted by molar-refractivity contribution is 0.425. The van der Waals surface area contributed by atoms with E-state index in [0.717, 1.165) is 0 Å². The molecule has 0 unspecified atom stereocenters. The molecule has 0 aliphatic heterocycles. The summed E-state index contributed by atoms with van der Waals surface area (Å²) in [6, 6.07) is 11.1. The van der Waals surface area contributed by atoms with Crippen LogP contribution in [0.5, 0.6) is 5.75 Å². The Morgan fingerprint density at radius 1 is 1.09 bits per heavy atom. The van der Waals surface area contributed by atoms with E-state index in [1.807, 2.05) is 0 Å². The molecule has 0 amide bonds. The highest BCUT2D eigenvalue weighted by atomic mass is 19.1. The highest BCUT2D eigenvalue weighted by molar-refractivity contribution is 5.83. The molecule has 0 fully saturated rings. The first kappa shape index (κ1) is 12.6. The lowest BCUT2D eigenvalue weighted by Gasteiger charge is -2.01. The molecular weight excluding hydrogens is 289 g/mol. The van der Waals surface area contributed by atoms with Crippen LogP contribution in [0.2, 0.25) is 0 Å². The number of nitrogens with zero attached hydrogens (tertiary/aromatic N) is 1. The number of benzene rings is 2. The van der Waals surface area contributed by atoms with Gasteiger partial charge in [0, 0.05) is 5.39 Å². The Bertz CT molecular complexity index is 1050. The SMILES string of the molecule is O=c1oc2c(F)c(O)ccc2cc1-c1nc2ccccc2o1. The summed E-state index contributed by atoms with van der Waals surface area (Å²) in [7, 11) is 0. The van der Waals surface area contributed by atoms with Gasteiger partial charge in [0.1, 0.15) is 11.1 Å². The van der Waals surface area contributed by atoms with Gasteiger partial charge < -0.3 is 13.9 Å². The highest BCUT2D eigenvalue weighted by Crippen LogP contribution is 2.28. The molecule has 5 nitrogen and oxygen atoms in total. The molecular formula is C16H8FNO4. The monoisotopic (exact) mass is 297 g/mol. The van der Waals surface area contributed by atoms with Crippen LogP contribution < -0.4 is 5.63 Å². The van der Waals surface area contributed by atoms with Gasteiger partial charge in [0.15, 0.2) is 16.9 Å². The first-order valence-corrected chi connectivity index (χ1v) is 6.45. The molecule has 0 aliphatic rings. The molecule has 22 heavy (non-hydrogen) atoms. The van der Waals surface area contributed by atoms with Crippen molar-refractivity contribution < 1.29 is 18.3 Å². The van der Waals surface area contributed by atoms with Gasteiger partial charge in [0.2, 0.25) is 11.7 Å². The second kappa shape index (κ2) is 4.42. The molecule has 1 N–H and O–H groups in total. The third kappa shape index (κ3) is 1.77. The number of aromatic hydroxyl groups is 1. The van der Waals surface area contributed by atoms with E-state index < -0.39 is 17.2 Å². The van der Waals surface area contributed by atoms with Gasteiger partial charge in [0.25, 0.3) is 0 Å². The summed E-state index contributed by atoms with van der Waals surface area (Å²) in [6.45, 7) is 0. The summed E-state index contributed by atoms with van der Waals surface area (Å²) < 4.78 is 24.2. The summed E-state index contributed by atoms with van der Waals surface area (Å²) in [6.07, 6.45) is 0. The molecule has 0 bridgehead atoms. The van der Waals surface area contributed by atoms with Gasteiger partial charge >= 0.3 is 5.63 Å². The van der Waals surface area contributed by atoms with Gasteiger partial charge in [-0.1, -0.05) is 12.1 Å². The second-order valence-corrected chi connectivity index (χ2v) is 4.75. The number of fused-ring (bicyclic) bond motifs is 2. The fourth-order valence-electron chi connectivity index (χ4n) is 2.28. The van der Waals surface area contributed by atoms with E-state index in [1.54, 1.807) is 24.3 Å². The maximum atomic E-state index is 13.8. The van der Waals surface area contributed by atoms with Crippen LogP contribution in [0.4, 0.5) is 4.39 Å². The van der Waals surface area contributed by atoms with Crippen LogP contribution >= 0.6 is 0 Å². The van der Waals surface area contributed by atoms with Crippen molar-refractivity contribution in [3.63, 3.8) is 0 Å². The largest absolute Gasteiger partial charge is 0.505 e. The summed E-state index contributed by atoms with van der Waals surface area (Å²) in [5, 5.41) is 9.65. The zero-order chi connectivity index (χ0) is 15.3. The molecule has 4 aromatic rings. The van der Waals surface area contributed by atoms with Crippen LogP contribution in [0.15, 0.2) is 56.1 Å². The molecule has 0 radical (unpaired) electrons. The third-order valence-electron chi connectivity index (χ3n) is 3.35. The first-order valence-electron chi connectivity index (χ1n) is 6.45. The number of hydrogen-bond acceptors (Lipinski definition) is 5. The van der Waals surface area contributed by atoms with Crippen LogP contribution in [0.25, 0.3) is 33.5 Å². The molecule has 0 saturated carbocycles. The van der Waals surface area contributed by atoms with E-state index in [4.69, 9.17) is 8.83 Å². The molecule has 0 saturated heterocycles. The number of rotatable bonds is 1. The lowest BCUT2D eigenvalue weighted by atomic mass is 10.1. The molecule has 4 rings (SSSR count). The number of phenols is 1. The van der Waals surface area contributed by atoms with Crippen LogP contribution in [0.1, 0.15) is 0 Å². The van der Waals surface area contributed by atoms with Gasteiger partial charge in [-0.3, -0.25) is 0 Å². The molecule has 2 heterocycles. The summed E-state index contributed by atoms with van der Waals surface area (Å²) >= 11 is 0. The Labute approximate surface area is 122 Å². The minimum atomic E-state index is -0.973. The van der Waals surface area contributed by atoms with Crippen molar-refractivity contribution >= 4 is 22.1 Å². The van der Waals surface area contributed by atoms with E-state index in [9.17, 15) is 14.3 Å². The first-order chi connectivity index (χ1) is 10.6. The van der Waals surface area contributed by atoms with Crippen molar-refractivity contribution in [2.45, 2.75) is 0 Å². The number of oxazole rings is 1. The van der Waals surface area contributed by atoms with Crippen LogP contribution in [-0.4, -0.2) is 10.1 Å². The molecule has 2 aromatic carbocycles. The van der Waals surface area contributed by atoms with E-state index in [-0.39, 0.29) is 17.0 Å². The molecule has 2 aromatic heterocycles. The van der Waals surface area contributed by atoms with Crippen molar-refractivity contribution in [3.05, 3.63) is 58.7 Å².